The van der Waals surface area contributed by atoms with Crippen LogP contribution >= 0.6 is 0 Å². The highest BCUT2D eigenvalue weighted by molar-refractivity contribution is 6.99. The number of esters is 1. The Hall–Kier alpha value is -2.51. The fraction of sp³-hybridized carbons (Fsp3) is 0.696. The van der Waals surface area contributed by atoms with Gasteiger partial charge < -0.3 is 18.8 Å². The average Bonchev–Trinajstić information content (AvgIpc) is 3.27. The van der Waals surface area contributed by atoms with Gasteiger partial charge >= 0.3 is 5.97 Å². The van der Waals surface area contributed by atoms with Crippen LogP contribution < -0.4 is 10.4 Å². The summed E-state index contributed by atoms with van der Waals surface area (Å²) in [5.41, 5.74) is 0. The van der Waals surface area contributed by atoms with E-state index in [1.165, 1.54) is 145 Å². The van der Waals surface area contributed by atoms with Crippen molar-refractivity contribution in [3.63, 3.8) is 0 Å². The van der Waals surface area contributed by atoms with E-state index in [1.807, 2.05) is 0 Å². The van der Waals surface area contributed by atoms with E-state index in [9.17, 15) is 4.79 Å². The summed E-state index contributed by atoms with van der Waals surface area (Å²) in [6, 6.07) is 22.2. The van der Waals surface area contributed by atoms with E-state index in [0.29, 0.717) is 13.0 Å². The molecule has 0 spiro atoms. The number of carbonyl (C=O) groups is 1. The Kier molecular flexibility index (Phi) is 33.9. The molecule has 0 aromatic heterocycles. The van der Waals surface area contributed by atoms with E-state index in [4.69, 9.17) is 13.9 Å². The van der Waals surface area contributed by atoms with Crippen molar-refractivity contribution >= 4 is 24.7 Å². The molecule has 0 aliphatic rings. The molecule has 352 valence electrons. The van der Waals surface area contributed by atoms with Gasteiger partial charge in [0.05, 0.1) is 6.61 Å². The van der Waals surface area contributed by atoms with Crippen molar-refractivity contribution in [1.82, 2.24) is 4.90 Å². The smallest absolute Gasteiger partial charge is 0.305 e. The number of methoxy groups -OCH3 is 1. The highest BCUT2D eigenvalue weighted by Gasteiger charge is 2.50. The first-order chi connectivity index (χ1) is 30.3. The van der Waals surface area contributed by atoms with Gasteiger partial charge in [-0.05, 0) is 92.7 Å². The molecule has 62 heavy (non-hydrogen) atoms. The van der Waals surface area contributed by atoms with Crippen molar-refractivity contribution < 1.29 is 18.7 Å². The lowest BCUT2D eigenvalue weighted by Crippen LogP contribution is -2.67. The molecule has 6 heteroatoms. The number of carbonyl (C=O) groups excluding carboxylic acids is 1. The van der Waals surface area contributed by atoms with Crippen molar-refractivity contribution in [2.45, 2.75) is 206 Å². The topological polar surface area (TPSA) is 48.0 Å². The summed E-state index contributed by atoms with van der Waals surface area (Å²) < 4.78 is 18.0. The van der Waals surface area contributed by atoms with Gasteiger partial charge in [-0.2, -0.15) is 0 Å². The van der Waals surface area contributed by atoms with Crippen LogP contribution in [-0.4, -0.2) is 65.8 Å². The standard InChI is InChI=1S/C56H95NO4Si/c1-6-7-8-9-10-11-12-13-14-15-16-17-18-22-27-38-47-57(49-52-61-62(56(2,3)4,53-42-33-31-34-43-53)54-44-35-32-36-45-54)48-39-28-23-19-20-24-30-41-51-60-55(58)46-37-26-21-25-29-40-50-59-5/h10-11,13-14,31-36,42-45H,6-9,12,15-30,37-41,46-52H2,1-5H3/b11-10-,14-13-. The van der Waals surface area contributed by atoms with Gasteiger partial charge in [0.2, 0.25) is 0 Å². The third-order valence-electron chi connectivity index (χ3n) is 12.4. The van der Waals surface area contributed by atoms with Crippen LogP contribution in [0.25, 0.3) is 0 Å². The minimum Gasteiger partial charge on any atom is -0.466 e. The third-order valence-corrected chi connectivity index (χ3v) is 17.5. The summed E-state index contributed by atoms with van der Waals surface area (Å²) in [5.74, 6) is -0.0148. The molecule has 0 aliphatic heterocycles. The summed E-state index contributed by atoms with van der Waals surface area (Å²) >= 11 is 0. The number of nitrogens with zero attached hydrogens (tertiary/aromatic N) is 1. The Morgan fingerprint density at radius 2 is 0.984 bits per heavy atom. The fourth-order valence-corrected chi connectivity index (χ4v) is 13.3. The predicted octanol–water partition coefficient (Wildman–Crippen LogP) is 14.7. The largest absolute Gasteiger partial charge is 0.466 e. The van der Waals surface area contributed by atoms with E-state index < -0.39 is 8.32 Å². The van der Waals surface area contributed by atoms with Crippen LogP contribution in [0.3, 0.4) is 0 Å². The number of hydrogen-bond donors (Lipinski definition) is 0. The molecule has 0 amide bonds. The summed E-state index contributed by atoms with van der Waals surface area (Å²) in [5, 5.41) is 2.72. The van der Waals surface area contributed by atoms with Gasteiger partial charge in [0.25, 0.3) is 8.32 Å². The van der Waals surface area contributed by atoms with Crippen molar-refractivity contribution in [3.05, 3.63) is 85.0 Å². The van der Waals surface area contributed by atoms with Crippen LogP contribution in [0.2, 0.25) is 5.04 Å². The summed E-state index contributed by atoms with van der Waals surface area (Å²) in [7, 11) is -0.779. The predicted molar refractivity (Wildman–Crippen MR) is 271 cm³/mol. The molecule has 0 bridgehead atoms. The molecule has 0 radical (unpaired) electrons. The summed E-state index contributed by atoms with van der Waals surface area (Å²) in [4.78, 5) is 14.8. The Morgan fingerprint density at radius 3 is 1.48 bits per heavy atom. The molecule has 0 saturated carbocycles. The molecular formula is C56H95NO4Si. The van der Waals surface area contributed by atoms with Crippen molar-refractivity contribution in [2.24, 2.45) is 0 Å². The third kappa shape index (κ3) is 26.3. The van der Waals surface area contributed by atoms with Crippen LogP contribution in [0, 0.1) is 0 Å². The van der Waals surface area contributed by atoms with Crippen molar-refractivity contribution in [3.8, 4) is 0 Å². The van der Waals surface area contributed by atoms with Crippen molar-refractivity contribution in [2.75, 3.05) is 46.6 Å². The quantitative estimate of drug-likeness (QED) is 0.0288. The molecule has 0 heterocycles. The normalized spacial score (nSPS) is 12.4. The van der Waals surface area contributed by atoms with Gasteiger partial charge in [-0.1, -0.05) is 215 Å². The number of unbranched alkanes of at least 4 members (excludes halogenated alkanes) is 21. The number of allylic oxidation sites excluding steroid dienone is 4. The molecule has 0 atom stereocenters. The van der Waals surface area contributed by atoms with Gasteiger partial charge in [0, 0.05) is 33.3 Å². The zero-order valence-electron chi connectivity index (χ0n) is 41.0. The summed E-state index contributed by atoms with van der Waals surface area (Å²) in [6.45, 7) is 14.9. The monoisotopic (exact) mass is 874 g/mol. The van der Waals surface area contributed by atoms with Gasteiger partial charge in [0.15, 0.2) is 0 Å². The highest BCUT2D eigenvalue weighted by Crippen LogP contribution is 2.36. The minimum absolute atomic E-state index is 0.00434. The molecular weight excluding hydrogens is 779 g/mol. The van der Waals surface area contributed by atoms with Crippen LogP contribution in [0.4, 0.5) is 0 Å². The SMILES string of the molecule is CCCCC/C=C\C/C=C\CCCCCCCCN(CCCCCCCCCCOC(=O)CCCCCCCCOC)CCO[Si](c1ccccc1)(c1ccccc1)C(C)(C)C. The number of rotatable bonds is 41. The second-order valence-electron chi connectivity index (χ2n) is 18.9. The molecule has 0 N–H and O–H groups in total. The van der Waals surface area contributed by atoms with E-state index in [0.717, 1.165) is 64.8 Å². The Balaban J connectivity index is 1.74. The Morgan fingerprint density at radius 1 is 0.532 bits per heavy atom. The first kappa shape index (κ1) is 55.6. The average molecular weight is 874 g/mol. The zero-order chi connectivity index (χ0) is 44.7. The van der Waals surface area contributed by atoms with E-state index in [2.05, 4.69) is 118 Å². The lowest BCUT2D eigenvalue weighted by Gasteiger charge is -2.43. The molecule has 2 rings (SSSR count). The Labute approximate surface area is 384 Å². The first-order valence-corrected chi connectivity index (χ1v) is 27.7. The number of hydrogen-bond acceptors (Lipinski definition) is 5. The minimum atomic E-state index is -2.54. The molecule has 0 aliphatic carbocycles. The van der Waals surface area contributed by atoms with E-state index >= 15 is 0 Å². The molecule has 0 unspecified atom stereocenters. The lowest BCUT2D eigenvalue weighted by molar-refractivity contribution is -0.143. The first-order valence-electron chi connectivity index (χ1n) is 25.8. The Bertz CT molecular complexity index is 1320. The van der Waals surface area contributed by atoms with E-state index in [-0.39, 0.29) is 11.0 Å². The second-order valence-corrected chi connectivity index (χ2v) is 23.2. The van der Waals surface area contributed by atoms with Crippen LogP contribution in [0.5, 0.6) is 0 Å². The lowest BCUT2D eigenvalue weighted by atomic mass is 10.1. The van der Waals surface area contributed by atoms with E-state index in [1.54, 1.807) is 7.11 Å². The van der Waals surface area contributed by atoms with Crippen LogP contribution in [0.15, 0.2) is 85.0 Å². The maximum atomic E-state index is 12.1. The fourth-order valence-electron chi connectivity index (χ4n) is 8.73. The van der Waals surface area contributed by atoms with Crippen molar-refractivity contribution in [1.29, 1.82) is 0 Å². The maximum absolute atomic E-state index is 12.1. The van der Waals surface area contributed by atoms with Crippen LogP contribution in [0.1, 0.15) is 201 Å². The number of ether oxygens (including phenoxy) is 2. The van der Waals surface area contributed by atoms with Gasteiger partial charge in [-0.15, -0.1) is 0 Å². The van der Waals surface area contributed by atoms with Gasteiger partial charge in [0.1, 0.15) is 0 Å². The summed E-state index contributed by atoms with van der Waals surface area (Å²) in [6.07, 6.45) is 42.1. The molecule has 5 nitrogen and oxygen atoms in total. The molecule has 2 aromatic carbocycles. The molecule has 0 saturated heterocycles. The highest BCUT2D eigenvalue weighted by atomic mass is 28.4. The van der Waals surface area contributed by atoms with Gasteiger partial charge in [-0.25, -0.2) is 0 Å². The number of benzene rings is 2. The van der Waals surface area contributed by atoms with Gasteiger partial charge in [-0.3, -0.25) is 4.79 Å². The zero-order valence-corrected chi connectivity index (χ0v) is 42.0. The molecule has 2 aromatic rings. The second kappa shape index (κ2) is 37.8. The molecule has 0 fully saturated rings. The van der Waals surface area contributed by atoms with Crippen LogP contribution in [-0.2, 0) is 18.7 Å². The maximum Gasteiger partial charge on any atom is 0.305 e.